The molecule has 1 aliphatic rings. The quantitative estimate of drug-likeness (QED) is 0.513. The van der Waals surface area contributed by atoms with Crippen LogP contribution in [0.25, 0.3) is 11.5 Å². The van der Waals surface area contributed by atoms with E-state index in [1.54, 1.807) is 0 Å². The second kappa shape index (κ2) is 7.91. The highest BCUT2D eigenvalue weighted by molar-refractivity contribution is 6.16. The Kier molecular flexibility index (Phi) is 4.80. The number of halogens is 1. The first-order valence-electron chi connectivity index (χ1n) is 9.63. The van der Waals surface area contributed by atoms with Crippen LogP contribution < -0.4 is 5.32 Å². The fourth-order valence-corrected chi connectivity index (χ4v) is 3.42. The minimum Gasteiger partial charge on any atom is -0.403 e. The minimum absolute atomic E-state index is 0.0415. The summed E-state index contributed by atoms with van der Waals surface area (Å²) in [5, 5.41) is 10.8. The van der Waals surface area contributed by atoms with E-state index in [2.05, 4.69) is 20.5 Å². The first kappa shape index (κ1) is 18.8. The molecule has 0 amide bonds. The number of fused-ring (bicyclic) bond motifs is 1. The summed E-state index contributed by atoms with van der Waals surface area (Å²) < 4.78 is 18.6. The first-order valence-corrected chi connectivity index (χ1v) is 9.63. The van der Waals surface area contributed by atoms with Gasteiger partial charge in [0.05, 0.1) is 11.3 Å². The van der Waals surface area contributed by atoms with Gasteiger partial charge in [0, 0.05) is 23.7 Å². The van der Waals surface area contributed by atoms with Crippen LogP contribution in [0.5, 0.6) is 0 Å². The Morgan fingerprint density at radius 2 is 1.74 bits per heavy atom. The summed E-state index contributed by atoms with van der Waals surface area (Å²) in [6.07, 6.45) is 0.615. The van der Waals surface area contributed by atoms with Crippen LogP contribution in [0.4, 0.5) is 10.4 Å². The highest BCUT2D eigenvalue weighted by Crippen LogP contribution is 2.24. The fourth-order valence-electron chi connectivity index (χ4n) is 3.42. The Morgan fingerprint density at radius 3 is 2.55 bits per heavy atom. The molecule has 0 saturated heterocycles. The Hall–Kier alpha value is -4.20. The van der Waals surface area contributed by atoms with Gasteiger partial charge in [-0.15, -0.1) is 5.10 Å². The average Bonchev–Trinajstić information content (AvgIpc) is 3.21. The van der Waals surface area contributed by atoms with Gasteiger partial charge in [-0.05, 0) is 17.7 Å². The van der Waals surface area contributed by atoms with Gasteiger partial charge in [-0.1, -0.05) is 59.7 Å². The molecule has 2 aromatic heterocycles. The summed E-state index contributed by atoms with van der Waals surface area (Å²) in [6, 6.07) is 20.1. The van der Waals surface area contributed by atoms with Gasteiger partial charge in [0.1, 0.15) is 0 Å². The Morgan fingerprint density at radius 1 is 0.935 bits per heavy atom. The Bertz CT molecular complexity index is 1270. The van der Waals surface area contributed by atoms with Crippen molar-refractivity contribution in [3.05, 3.63) is 95.6 Å². The molecule has 152 valence electrons. The second-order valence-corrected chi connectivity index (χ2v) is 6.97. The van der Waals surface area contributed by atoms with Crippen LogP contribution in [-0.2, 0) is 11.2 Å². The maximum Gasteiger partial charge on any atom is 0.317 e. The zero-order valence-corrected chi connectivity index (χ0v) is 16.2. The summed E-state index contributed by atoms with van der Waals surface area (Å²) in [5.41, 5.74) is 3.90. The number of pyridine rings is 1. The van der Waals surface area contributed by atoms with Crippen LogP contribution >= 0.6 is 0 Å². The van der Waals surface area contributed by atoms with Crippen molar-refractivity contribution in [1.29, 1.82) is 0 Å². The molecule has 1 N–H and O–H groups in total. The summed E-state index contributed by atoms with van der Waals surface area (Å²) in [7, 11) is 0. The number of nitrogens with one attached hydrogen (secondary N) is 1. The van der Waals surface area contributed by atoms with Crippen molar-refractivity contribution in [3.8, 4) is 11.5 Å². The van der Waals surface area contributed by atoms with E-state index in [0.717, 1.165) is 16.7 Å². The van der Waals surface area contributed by atoms with Gasteiger partial charge < -0.3 is 9.73 Å². The zero-order chi connectivity index (χ0) is 21.2. The summed E-state index contributed by atoms with van der Waals surface area (Å²) in [5.74, 6) is -0.568. The third kappa shape index (κ3) is 3.83. The van der Waals surface area contributed by atoms with Gasteiger partial charge in [-0.25, -0.2) is 4.98 Å². The highest BCUT2D eigenvalue weighted by atomic mass is 19.1. The maximum atomic E-state index is 13.0. The van der Waals surface area contributed by atoms with Crippen molar-refractivity contribution >= 4 is 17.5 Å². The summed E-state index contributed by atoms with van der Waals surface area (Å²) in [4.78, 5) is 21.3. The number of hydrogen-bond acceptors (Lipinski definition) is 7. The second-order valence-electron chi connectivity index (χ2n) is 6.97. The maximum absolute atomic E-state index is 13.0. The number of ketones is 1. The molecule has 0 bridgehead atoms. The molecular weight excluding hydrogens is 397 g/mol. The van der Waals surface area contributed by atoms with Crippen molar-refractivity contribution in [2.24, 2.45) is 4.99 Å². The predicted octanol–water partition coefficient (Wildman–Crippen LogP) is 3.67. The van der Waals surface area contributed by atoms with Gasteiger partial charge in [0.2, 0.25) is 5.95 Å². The molecule has 31 heavy (non-hydrogen) atoms. The molecule has 1 aliphatic heterocycles. The number of nitrogens with zero attached hydrogens (tertiary/aromatic N) is 4. The molecule has 0 spiro atoms. The highest BCUT2D eigenvalue weighted by Gasteiger charge is 2.27. The van der Waals surface area contributed by atoms with Gasteiger partial charge in [0.25, 0.3) is 5.89 Å². The van der Waals surface area contributed by atoms with Crippen molar-refractivity contribution in [2.45, 2.75) is 12.6 Å². The zero-order valence-electron chi connectivity index (χ0n) is 16.2. The summed E-state index contributed by atoms with van der Waals surface area (Å²) in [6.45, 7) is 0. The van der Waals surface area contributed by atoms with Crippen LogP contribution in [0, 0.1) is 5.95 Å². The number of rotatable bonds is 4. The number of carbonyl (C=O) groups is 1. The van der Waals surface area contributed by atoms with Crippen molar-refractivity contribution in [1.82, 2.24) is 15.2 Å². The number of Topliss-reactive ketones (excluding diaryl/α,β-unsaturated/α-hetero) is 1. The van der Waals surface area contributed by atoms with E-state index in [0.29, 0.717) is 11.3 Å². The molecule has 3 heterocycles. The average molecular weight is 413 g/mol. The summed E-state index contributed by atoms with van der Waals surface area (Å²) >= 11 is 0. The predicted molar refractivity (Wildman–Crippen MR) is 112 cm³/mol. The van der Waals surface area contributed by atoms with Crippen molar-refractivity contribution in [3.63, 3.8) is 0 Å². The Balaban J connectivity index is 1.49. The minimum atomic E-state index is -0.901. The van der Waals surface area contributed by atoms with Gasteiger partial charge in [0.15, 0.2) is 11.9 Å². The molecule has 0 radical (unpaired) electrons. The van der Waals surface area contributed by atoms with Gasteiger partial charge in [-0.3, -0.25) is 9.79 Å². The Labute approximate surface area is 176 Å². The number of carbonyl (C=O) groups excluding carboxylic acids is 1. The molecule has 0 aliphatic carbocycles. The largest absolute Gasteiger partial charge is 0.403 e. The lowest BCUT2D eigenvalue weighted by Crippen LogP contribution is -2.29. The molecule has 0 saturated carbocycles. The van der Waals surface area contributed by atoms with E-state index >= 15 is 0 Å². The van der Waals surface area contributed by atoms with Gasteiger partial charge >= 0.3 is 6.01 Å². The monoisotopic (exact) mass is 413 g/mol. The topological polar surface area (TPSA) is 93.3 Å². The SMILES string of the molecule is O=C1Cc2ccccc2C(c2ccccc2)=N[C@@H]1Nc1nnc(-c2ccc(F)nc2)o1. The van der Waals surface area contributed by atoms with Crippen molar-refractivity contribution < 1.29 is 13.6 Å². The number of aliphatic imine (C=N–C) groups is 1. The standard InChI is InChI=1S/C23H16FN5O2/c24-19-11-10-16(13-25-19)22-28-29-23(31-22)27-21-18(30)12-15-8-4-5-9-17(15)20(26-21)14-6-2-1-3-7-14/h1-11,13,21H,12H2,(H,27,29)/t21-/m1/s1. The number of benzene rings is 2. The van der Waals surface area contributed by atoms with E-state index in [9.17, 15) is 9.18 Å². The lowest BCUT2D eigenvalue weighted by molar-refractivity contribution is -0.119. The third-order valence-electron chi connectivity index (χ3n) is 4.91. The lowest BCUT2D eigenvalue weighted by Gasteiger charge is -2.11. The van der Waals surface area contributed by atoms with E-state index < -0.39 is 12.1 Å². The molecule has 8 heteroatoms. The van der Waals surface area contributed by atoms with E-state index in [-0.39, 0.29) is 24.1 Å². The van der Waals surface area contributed by atoms with Crippen LogP contribution in [0.3, 0.4) is 0 Å². The van der Waals surface area contributed by atoms with Crippen LogP contribution in [0.1, 0.15) is 16.7 Å². The number of aromatic nitrogens is 3. The normalized spacial score (nSPS) is 15.7. The first-order chi connectivity index (χ1) is 15.2. The smallest absolute Gasteiger partial charge is 0.317 e. The molecule has 4 aromatic rings. The lowest BCUT2D eigenvalue weighted by atomic mass is 9.96. The molecule has 1 atom stereocenters. The molecule has 7 nitrogen and oxygen atoms in total. The van der Waals surface area contributed by atoms with Crippen LogP contribution in [-0.4, -0.2) is 32.8 Å². The van der Waals surface area contributed by atoms with E-state index in [1.165, 1.54) is 18.3 Å². The molecule has 5 rings (SSSR count). The van der Waals surface area contributed by atoms with Crippen LogP contribution in [0.2, 0.25) is 0 Å². The molecule has 2 aromatic carbocycles. The fraction of sp³-hybridized carbons (Fsp3) is 0.0870. The van der Waals surface area contributed by atoms with Gasteiger partial charge in [-0.2, -0.15) is 4.39 Å². The van der Waals surface area contributed by atoms with Crippen molar-refractivity contribution in [2.75, 3.05) is 5.32 Å². The molecular formula is C23H16FN5O2. The van der Waals surface area contributed by atoms with E-state index in [1.807, 2.05) is 54.6 Å². The molecule has 0 unspecified atom stereocenters. The molecule has 0 fully saturated rings. The number of anilines is 1. The van der Waals surface area contributed by atoms with Crippen LogP contribution in [0.15, 0.2) is 82.3 Å². The number of hydrogen-bond donors (Lipinski definition) is 1. The van der Waals surface area contributed by atoms with E-state index in [4.69, 9.17) is 9.41 Å². The third-order valence-corrected chi connectivity index (χ3v) is 4.91.